The molecule has 20 heavy (non-hydrogen) atoms. The maximum Gasteiger partial charge on any atom is 0.276 e. The van der Waals surface area contributed by atoms with Crippen LogP contribution in [0.15, 0.2) is 42.9 Å². The first kappa shape index (κ1) is 14.0. The Balaban J connectivity index is 2.16. The molecule has 1 amide bonds. The zero-order valence-corrected chi connectivity index (χ0v) is 11.7. The highest BCUT2D eigenvalue weighted by atomic mass is 16.2. The Hall–Kier alpha value is -2.43. The van der Waals surface area contributed by atoms with Crippen LogP contribution in [0.2, 0.25) is 0 Å². The monoisotopic (exact) mass is 270 g/mol. The largest absolute Gasteiger partial charge is 0.385 e. The average molecular weight is 270 g/mol. The molecular formula is C15H18N4O. The third-order valence-electron chi connectivity index (χ3n) is 2.91. The van der Waals surface area contributed by atoms with Crippen LogP contribution < -0.4 is 10.2 Å². The summed E-state index contributed by atoms with van der Waals surface area (Å²) in [5.74, 6) is -0.142. The number of carbonyl (C=O) groups is 1. The van der Waals surface area contributed by atoms with Crippen molar-refractivity contribution < 1.29 is 4.79 Å². The Bertz CT molecular complexity index is 571. The molecule has 0 aromatic carbocycles. The quantitative estimate of drug-likeness (QED) is 0.907. The highest BCUT2D eigenvalue weighted by Crippen LogP contribution is 2.15. The van der Waals surface area contributed by atoms with E-state index in [1.165, 1.54) is 0 Å². The van der Waals surface area contributed by atoms with Gasteiger partial charge in [0.25, 0.3) is 5.91 Å². The number of amides is 1. The van der Waals surface area contributed by atoms with Crippen molar-refractivity contribution in [2.24, 2.45) is 0 Å². The fourth-order valence-corrected chi connectivity index (χ4v) is 1.78. The van der Waals surface area contributed by atoms with Crippen LogP contribution in [0.25, 0.3) is 0 Å². The van der Waals surface area contributed by atoms with Gasteiger partial charge in [0, 0.05) is 43.6 Å². The summed E-state index contributed by atoms with van der Waals surface area (Å²) in [4.78, 5) is 22.0. The van der Waals surface area contributed by atoms with E-state index in [4.69, 9.17) is 0 Å². The minimum atomic E-state index is -0.142. The van der Waals surface area contributed by atoms with Crippen molar-refractivity contribution in [3.63, 3.8) is 0 Å². The van der Waals surface area contributed by atoms with Gasteiger partial charge in [-0.05, 0) is 30.7 Å². The van der Waals surface area contributed by atoms with E-state index in [0.29, 0.717) is 5.69 Å². The molecule has 2 rings (SSSR count). The van der Waals surface area contributed by atoms with Gasteiger partial charge in [0.1, 0.15) is 5.69 Å². The SMILES string of the molecule is CCCNc1ccnc(C(=O)N(C)c2ccncc2)c1. The number of pyridine rings is 2. The van der Waals surface area contributed by atoms with Crippen LogP contribution in [-0.2, 0) is 0 Å². The molecular weight excluding hydrogens is 252 g/mol. The Kier molecular flexibility index (Phi) is 4.65. The van der Waals surface area contributed by atoms with Crippen LogP contribution in [0.4, 0.5) is 11.4 Å². The van der Waals surface area contributed by atoms with Crippen molar-refractivity contribution in [3.05, 3.63) is 48.5 Å². The van der Waals surface area contributed by atoms with E-state index in [1.807, 2.05) is 6.07 Å². The first-order valence-electron chi connectivity index (χ1n) is 6.60. The fraction of sp³-hybridized carbons (Fsp3) is 0.267. The zero-order valence-electron chi connectivity index (χ0n) is 11.7. The van der Waals surface area contributed by atoms with Crippen LogP contribution in [0.5, 0.6) is 0 Å². The Morgan fingerprint density at radius 2 is 2.00 bits per heavy atom. The third-order valence-corrected chi connectivity index (χ3v) is 2.91. The molecule has 0 saturated carbocycles. The molecule has 0 unspecified atom stereocenters. The van der Waals surface area contributed by atoms with Crippen molar-refractivity contribution in [1.29, 1.82) is 0 Å². The third kappa shape index (κ3) is 3.32. The molecule has 5 nitrogen and oxygen atoms in total. The molecule has 0 fully saturated rings. The number of nitrogens with one attached hydrogen (secondary N) is 1. The standard InChI is InChI=1S/C15H18N4O/c1-3-7-17-12-4-10-18-14(11-12)15(20)19(2)13-5-8-16-9-6-13/h4-6,8-11H,3,7H2,1-2H3,(H,17,18). The smallest absolute Gasteiger partial charge is 0.276 e. The molecule has 0 aliphatic rings. The van der Waals surface area contributed by atoms with Gasteiger partial charge in [-0.1, -0.05) is 6.92 Å². The lowest BCUT2D eigenvalue weighted by molar-refractivity contribution is 0.0988. The van der Waals surface area contributed by atoms with Gasteiger partial charge in [-0.2, -0.15) is 0 Å². The maximum atomic E-state index is 12.4. The second-order valence-electron chi connectivity index (χ2n) is 4.43. The number of hydrogen-bond donors (Lipinski definition) is 1. The van der Waals surface area contributed by atoms with Crippen LogP contribution >= 0.6 is 0 Å². The van der Waals surface area contributed by atoms with Gasteiger partial charge in [0.15, 0.2) is 0 Å². The lowest BCUT2D eigenvalue weighted by atomic mass is 10.2. The van der Waals surface area contributed by atoms with E-state index in [9.17, 15) is 4.79 Å². The molecule has 0 aliphatic carbocycles. The predicted octanol–water partition coefficient (Wildman–Crippen LogP) is 2.58. The van der Waals surface area contributed by atoms with Gasteiger partial charge in [-0.15, -0.1) is 0 Å². The fourth-order valence-electron chi connectivity index (χ4n) is 1.78. The molecule has 104 valence electrons. The van der Waals surface area contributed by atoms with Crippen LogP contribution in [-0.4, -0.2) is 29.5 Å². The first-order valence-corrected chi connectivity index (χ1v) is 6.60. The number of carbonyl (C=O) groups excluding carboxylic acids is 1. The maximum absolute atomic E-state index is 12.4. The molecule has 1 N–H and O–H groups in total. The van der Waals surface area contributed by atoms with Gasteiger partial charge in [0.2, 0.25) is 0 Å². The van der Waals surface area contributed by atoms with E-state index in [-0.39, 0.29) is 5.91 Å². The van der Waals surface area contributed by atoms with E-state index in [2.05, 4.69) is 22.2 Å². The van der Waals surface area contributed by atoms with Gasteiger partial charge in [0.05, 0.1) is 0 Å². The summed E-state index contributed by atoms with van der Waals surface area (Å²) >= 11 is 0. The predicted molar refractivity (Wildman–Crippen MR) is 80.0 cm³/mol. The van der Waals surface area contributed by atoms with E-state index < -0.39 is 0 Å². The Morgan fingerprint density at radius 3 is 2.70 bits per heavy atom. The summed E-state index contributed by atoms with van der Waals surface area (Å²) in [5.41, 5.74) is 2.12. The Labute approximate surface area is 118 Å². The summed E-state index contributed by atoms with van der Waals surface area (Å²) in [6, 6.07) is 7.21. The van der Waals surface area contributed by atoms with Crippen molar-refractivity contribution in [2.45, 2.75) is 13.3 Å². The molecule has 0 spiro atoms. The minimum Gasteiger partial charge on any atom is -0.385 e. The number of anilines is 2. The molecule has 0 aliphatic heterocycles. The van der Waals surface area contributed by atoms with E-state index >= 15 is 0 Å². The molecule has 5 heteroatoms. The number of nitrogens with zero attached hydrogens (tertiary/aromatic N) is 3. The second kappa shape index (κ2) is 6.65. The Morgan fingerprint density at radius 1 is 1.25 bits per heavy atom. The second-order valence-corrected chi connectivity index (χ2v) is 4.43. The van der Waals surface area contributed by atoms with Crippen LogP contribution in [0.1, 0.15) is 23.8 Å². The summed E-state index contributed by atoms with van der Waals surface area (Å²) in [7, 11) is 1.73. The van der Waals surface area contributed by atoms with Crippen molar-refractivity contribution in [2.75, 3.05) is 23.8 Å². The molecule has 0 atom stereocenters. The van der Waals surface area contributed by atoms with Crippen LogP contribution in [0.3, 0.4) is 0 Å². The molecule has 0 radical (unpaired) electrons. The molecule has 0 bridgehead atoms. The molecule has 2 aromatic rings. The van der Waals surface area contributed by atoms with Crippen molar-refractivity contribution in [3.8, 4) is 0 Å². The topological polar surface area (TPSA) is 58.1 Å². The van der Waals surface area contributed by atoms with Gasteiger partial charge < -0.3 is 10.2 Å². The number of aromatic nitrogens is 2. The molecule has 0 saturated heterocycles. The van der Waals surface area contributed by atoms with Gasteiger partial charge >= 0.3 is 0 Å². The summed E-state index contributed by atoms with van der Waals surface area (Å²) in [6.07, 6.45) is 5.99. The summed E-state index contributed by atoms with van der Waals surface area (Å²) in [6.45, 7) is 2.97. The lowest BCUT2D eigenvalue weighted by Crippen LogP contribution is -2.27. The highest BCUT2D eigenvalue weighted by molar-refractivity contribution is 6.04. The normalized spacial score (nSPS) is 10.1. The lowest BCUT2D eigenvalue weighted by Gasteiger charge is -2.17. The summed E-state index contributed by atoms with van der Waals surface area (Å²) < 4.78 is 0. The minimum absolute atomic E-state index is 0.142. The van der Waals surface area contributed by atoms with Gasteiger partial charge in [-0.3, -0.25) is 14.8 Å². The molecule has 2 heterocycles. The zero-order chi connectivity index (χ0) is 14.4. The van der Waals surface area contributed by atoms with E-state index in [1.54, 1.807) is 48.7 Å². The average Bonchev–Trinajstić information content (AvgIpc) is 2.52. The van der Waals surface area contributed by atoms with Crippen molar-refractivity contribution >= 4 is 17.3 Å². The first-order chi connectivity index (χ1) is 9.72. The van der Waals surface area contributed by atoms with Crippen molar-refractivity contribution in [1.82, 2.24) is 9.97 Å². The number of rotatable bonds is 5. The molecule has 2 aromatic heterocycles. The van der Waals surface area contributed by atoms with Crippen LogP contribution in [0, 0.1) is 0 Å². The highest BCUT2D eigenvalue weighted by Gasteiger charge is 2.14. The number of hydrogen-bond acceptors (Lipinski definition) is 4. The van der Waals surface area contributed by atoms with E-state index in [0.717, 1.165) is 24.3 Å². The summed E-state index contributed by atoms with van der Waals surface area (Å²) in [5, 5.41) is 3.25. The van der Waals surface area contributed by atoms with Gasteiger partial charge in [-0.25, -0.2) is 0 Å².